The largest absolute Gasteiger partial charge is 0.351 e. The van der Waals surface area contributed by atoms with Crippen LogP contribution >= 0.6 is 11.6 Å². The number of nitrogens with one attached hydrogen (secondary N) is 1. The van der Waals surface area contributed by atoms with Gasteiger partial charge in [-0.25, -0.2) is 0 Å². The van der Waals surface area contributed by atoms with Crippen LogP contribution in [-0.4, -0.2) is 45.6 Å². The molecular weight excluding hydrogens is 352 g/mol. The molecule has 3 rings (SSSR count). The molecule has 0 saturated carbocycles. The first-order valence-electron chi connectivity index (χ1n) is 8.81. The summed E-state index contributed by atoms with van der Waals surface area (Å²) in [5, 5.41) is 7.92. The van der Waals surface area contributed by atoms with Crippen molar-refractivity contribution in [1.82, 2.24) is 20.0 Å². The lowest BCUT2D eigenvalue weighted by atomic mass is 10.1. The fourth-order valence-electron chi connectivity index (χ4n) is 3.15. The minimum Gasteiger partial charge on any atom is -0.351 e. The van der Waals surface area contributed by atoms with Crippen LogP contribution in [0.25, 0.3) is 0 Å². The zero-order chi connectivity index (χ0) is 18.5. The second kappa shape index (κ2) is 8.36. The van der Waals surface area contributed by atoms with Gasteiger partial charge in [-0.1, -0.05) is 23.7 Å². The van der Waals surface area contributed by atoms with E-state index < -0.39 is 0 Å². The van der Waals surface area contributed by atoms with E-state index in [2.05, 4.69) is 10.4 Å². The van der Waals surface area contributed by atoms with Crippen molar-refractivity contribution in [3.63, 3.8) is 0 Å². The SMILES string of the molecule is Cc1ccn(CCC(=O)N[C@@H]2CC(=O)N(CCc3cccc(Cl)c3)C2)n1. The molecule has 138 valence electrons. The van der Waals surface area contributed by atoms with Gasteiger partial charge in [-0.05, 0) is 37.1 Å². The van der Waals surface area contributed by atoms with Gasteiger partial charge < -0.3 is 10.2 Å². The second-order valence-corrected chi connectivity index (χ2v) is 7.09. The van der Waals surface area contributed by atoms with Crippen molar-refractivity contribution in [2.45, 2.75) is 38.8 Å². The third-order valence-electron chi connectivity index (χ3n) is 4.48. The Hall–Kier alpha value is -2.34. The fraction of sp³-hybridized carbons (Fsp3) is 0.421. The lowest BCUT2D eigenvalue weighted by Crippen LogP contribution is -2.37. The van der Waals surface area contributed by atoms with Crippen LogP contribution in [0.3, 0.4) is 0 Å². The van der Waals surface area contributed by atoms with Gasteiger partial charge in [0.25, 0.3) is 0 Å². The standard InChI is InChI=1S/C19H23ClN4O2/c1-14-5-9-24(22-14)10-7-18(25)21-17-12-19(26)23(13-17)8-6-15-3-2-4-16(20)11-15/h2-5,9,11,17H,6-8,10,12-13H2,1H3,(H,21,25)/t17-/m1/s1. The first kappa shape index (κ1) is 18.5. The van der Waals surface area contributed by atoms with Crippen molar-refractivity contribution in [2.75, 3.05) is 13.1 Å². The Kier molecular flexibility index (Phi) is 5.93. The molecule has 1 fully saturated rings. The van der Waals surface area contributed by atoms with E-state index in [9.17, 15) is 9.59 Å². The average Bonchev–Trinajstić information content (AvgIpc) is 3.16. The Balaban J connectivity index is 1.42. The maximum absolute atomic E-state index is 12.2. The predicted octanol–water partition coefficient (Wildman–Crippen LogP) is 2.19. The summed E-state index contributed by atoms with van der Waals surface area (Å²) >= 11 is 5.99. The van der Waals surface area contributed by atoms with Gasteiger partial charge in [-0.2, -0.15) is 5.10 Å². The number of halogens is 1. The summed E-state index contributed by atoms with van der Waals surface area (Å²) in [6.07, 6.45) is 3.33. The molecule has 1 atom stereocenters. The number of likely N-dealkylation sites (tertiary alicyclic amines) is 1. The molecule has 0 bridgehead atoms. The molecule has 2 amide bonds. The highest BCUT2D eigenvalue weighted by atomic mass is 35.5. The van der Waals surface area contributed by atoms with Crippen LogP contribution in [0.4, 0.5) is 0 Å². The molecule has 1 saturated heterocycles. The first-order valence-corrected chi connectivity index (χ1v) is 9.19. The Morgan fingerprint density at radius 2 is 2.19 bits per heavy atom. The molecule has 1 aromatic carbocycles. The molecule has 2 heterocycles. The van der Waals surface area contributed by atoms with E-state index in [1.54, 1.807) is 4.68 Å². The summed E-state index contributed by atoms with van der Waals surface area (Å²) in [6, 6.07) is 9.45. The van der Waals surface area contributed by atoms with E-state index in [0.29, 0.717) is 37.5 Å². The maximum atomic E-state index is 12.2. The molecule has 0 spiro atoms. The van der Waals surface area contributed by atoms with Gasteiger partial charge in [0.1, 0.15) is 0 Å². The van der Waals surface area contributed by atoms with E-state index >= 15 is 0 Å². The minimum absolute atomic E-state index is 0.0485. The van der Waals surface area contributed by atoms with Crippen LogP contribution in [0.1, 0.15) is 24.1 Å². The Labute approximate surface area is 158 Å². The number of carbonyl (C=O) groups excluding carboxylic acids is 2. The normalized spacial score (nSPS) is 16.9. The van der Waals surface area contributed by atoms with Crippen LogP contribution in [0.15, 0.2) is 36.5 Å². The number of amides is 2. The highest BCUT2D eigenvalue weighted by molar-refractivity contribution is 6.30. The highest BCUT2D eigenvalue weighted by Crippen LogP contribution is 2.15. The van der Waals surface area contributed by atoms with Gasteiger partial charge in [-0.3, -0.25) is 14.3 Å². The summed E-state index contributed by atoms with van der Waals surface area (Å²) < 4.78 is 1.76. The number of aromatic nitrogens is 2. The van der Waals surface area contributed by atoms with Crippen LogP contribution in [-0.2, 0) is 22.6 Å². The lowest BCUT2D eigenvalue weighted by Gasteiger charge is -2.17. The lowest BCUT2D eigenvalue weighted by molar-refractivity contribution is -0.127. The molecule has 6 nitrogen and oxygen atoms in total. The summed E-state index contributed by atoms with van der Waals surface area (Å²) in [5.41, 5.74) is 2.04. The van der Waals surface area contributed by atoms with Gasteiger partial charge >= 0.3 is 0 Å². The summed E-state index contributed by atoms with van der Waals surface area (Å²) in [7, 11) is 0. The molecule has 1 aliphatic rings. The number of benzene rings is 1. The number of nitrogens with zero attached hydrogens (tertiary/aromatic N) is 3. The van der Waals surface area contributed by atoms with Gasteiger partial charge in [-0.15, -0.1) is 0 Å². The number of rotatable bonds is 7. The Bertz CT molecular complexity index is 789. The van der Waals surface area contributed by atoms with Crippen molar-refractivity contribution in [3.05, 3.63) is 52.8 Å². The van der Waals surface area contributed by atoms with Crippen LogP contribution in [0, 0.1) is 6.92 Å². The number of hydrogen-bond donors (Lipinski definition) is 1. The monoisotopic (exact) mass is 374 g/mol. The summed E-state index contributed by atoms with van der Waals surface area (Å²) in [5.74, 6) is 0.0349. The Morgan fingerprint density at radius 1 is 1.35 bits per heavy atom. The molecule has 26 heavy (non-hydrogen) atoms. The van der Waals surface area contributed by atoms with E-state index in [1.165, 1.54) is 0 Å². The predicted molar refractivity (Wildman–Crippen MR) is 99.9 cm³/mol. The van der Waals surface area contributed by atoms with Crippen LogP contribution in [0.2, 0.25) is 5.02 Å². The third kappa shape index (κ3) is 5.08. The number of aryl methyl sites for hydroxylation is 2. The smallest absolute Gasteiger partial charge is 0.224 e. The fourth-order valence-corrected chi connectivity index (χ4v) is 3.36. The molecular formula is C19H23ClN4O2. The van der Waals surface area contributed by atoms with Crippen molar-refractivity contribution in [1.29, 1.82) is 0 Å². The van der Waals surface area contributed by atoms with Crippen molar-refractivity contribution >= 4 is 23.4 Å². The van der Waals surface area contributed by atoms with Crippen LogP contribution < -0.4 is 5.32 Å². The molecule has 1 aliphatic heterocycles. The number of carbonyl (C=O) groups is 2. The van der Waals surface area contributed by atoms with Gasteiger partial charge in [0.2, 0.25) is 11.8 Å². The molecule has 0 aliphatic carbocycles. The minimum atomic E-state index is -0.117. The van der Waals surface area contributed by atoms with Crippen molar-refractivity contribution in [2.24, 2.45) is 0 Å². The molecule has 1 aromatic heterocycles. The van der Waals surface area contributed by atoms with Crippen molar-refractivity contribution < 1.29 is 9.59 Å². The van der Waals surface area contributed by atoms with Gasteiger partial charge in [0.15, 0.2) is 0 Å². The molecule has 7 heteroatoms. The first-order chi connectivity index (χ1) is 12.5. The maximum Gasteiger partial charge on any atom is 0.224 e. The molecule has 2 aromatic rings. The van der Waals surface area contributed by atoms with Gasteiger partial charge in [0.05, 0.1) is 11.7 Å². The molecule has 1 N–H and O–H groups in total. The van der Waals surface area contributed by atoms with E-state index in [0.717, 1.165) is 17.7 Å². The average molecular weight is 375 g/mol. The molecule has 0 radical (unpaired) electrons. The quantitative estimate of drug-likeness (QED) is 0.807. The van der Waals surface area contributed by atoms with E-state index in [4.69, 9.17) is 11.6 Å². The van der Waals surface area contributed by atoms with Crippen LogP contribution in [0.5, 0.6) is 0 Å². The second-order valence-electron chi connectivity index (χ2n) is 6.66. The number of hydrogen-bond acceptors (Lipinski definition) is 3. The van der Waals surface area contributed by atoms with E-state index in [-0.39, 0.29) is 17.9 Å². The Morgan fingerprint density at radius 3 is 2.92 bits per heavy atom. The topological polar surface area (TPSA) is 67.2 Å². The summed E-state index contributed by atoms with van der Waals surface area (Å²) in [4.78, 5) is 26.1. The zero-order valence-electron chi connectivity index (χ0n) is 14.8. The molecule has 0 unspecified atom stereocenters. The zero-order valence-corrected chi connectivity index (χ0v) is 15.6. The summed E-state index contributed by atoms with van der Waals surface area (Å²) in [6.45, 7) is 3.65. The van der Waals surface area contributed by atoms with E-state index in [1.807, 2.05) is 48.4 Å². The van der Waals surface area contributed by atoms with Crippen molar-refractivity contribution in [3.8, 4) is 0 Å². The third-order valence-corrected chi connectivity index (χ3v) is 4.72. The van der Waals surface area contributed by atoms with Gasteiger partial charge in [0, 0.05) is 43.7 Å². The highest BCUT2D eigenvalue weighted by Gasteiger charge is 2.30.